The molecule has 0 aliphatic carbocycles. The number of cyclic esters (lactones) is 1. The fourth-order valence-electron chi connectivity index (χ4n) is 2.94. The Bertz CT molecular complexity index is 877. The number of ether oxygens (including phenoxy) is 2. The molecule has 0 bridgehead atoms. The van der Waals surface area contributed by atoms with Crippen LogP contribution in [0.15, 0.2) is 40.9 Å². The van der Waals surface area contributed by atoms with Gasteiger partial charge < -0.3 is 20.1 Å². The number of nitrogens with two attached hydrogens (primary N) is 1. The minimum atomic E-state index is -0.381. The van der Waals surface area contributed by atoms with Crippen LogP contribution < -0.4 is 10.5 Å². The molecule has 0 spiro atoms. The highest BCUT2D eigenvalue weighted by Gasteiger charge is 2.26. The number of hydrogen-bond acceptors (Lipinski definition) is 5. The van der Waals surface area contributed by atoms with E-state index in [4.69, 9.17) is 26.8 Å². The van der Waals surface area contributed by atoms with Gasteiger partial charge in [0.05, 0.1) is 6.61 Å². The third-order valence-corrected chi connectivity index (χ3v) is 5.39. The van der Waals surface area contributed by atoms with Crippen LogP contribution in [0.2, 0.25) is 5.02 Å². The van der Waals surface area contributed by atoms with Gasteiger partial charge in [0.1, 0.15) is 18.6 Å². The van der Waals surface area contributed by atoms with Crippen molar-refractivity contribution in [2.45, 2.75) is 13.2 Å². The number of nitrogens with zero attached hydrogens (tertiary/aromatic N) is 1. The van der Waals surface area contributed by atoms with Crippen molar-refractivity contribution in [3.8, 4) is 5.75 Å². The molecule has 1 saturated heterocycles. The Labute approximate surface area is 176 Å². The summed E-state index contributed by atoms with van der Waals surface area (Å²) in [7, 11) is 0. The number of carbonyl (C=O) groups is 2. The summed E-state index contributed by atoms with van der Waals surface area (Å²) in [6.45, 7) is 1.93. The first-order valence-corrected chi connectivity index (χ1v) is 9.93. The van der Waals surface area contributed by atoms with Gasteiger partial charge in [0.15, 0.2) is 0 Å². The van der Waals surface area contributed by atoms with E-state index in [1.54, 1.807) is 29.2 Å². The standard InChI is InChI=1S/C20H20BrClN2O4/c21-19-6-17(22)2-1-16(19)12-27-18-4-13(3-14(5-18)10-25)8-24-9-15(7-23)11-28-20(24)26/h1-6,10,15H,7-9,11-12,23H2. The summed E-state index contributed by atoms with van der Waals surface area (Å²) in [5.41, 5.74) is 7.88. The van der Waals surface area contributed by atoms with E-state index in [-0.39, 0.29) is 12.0 Å². The van der Waals surface area contributed by atoms with E-state index >= 15 is 0 Å². The van der Waals surface area contributed by atoms with Gasteiger partial charge in [-0.1, -0.05) is 33.6 Å². The fraction of sp³-hybridized carbons (Fsp3) is 0.300. The predicted molar refractivity (Wildman–Crippen MR) is 110 cm³/mol. The lowest BCUT2D eigenvalue weighted by atomic mass is 10.1. The van der Waals surface area contributed by atoms with Crippen molar-refractivity contribution < 1.29 is 19.1 Å². The molecule has 1 atom stereocenters. The summed E-state index contributed by atoms with van der Waals surface area (Å²) in [6.07, 6.45) is 0.375. The molecule has 0 saturated carbocycles. The number of rotatable bonds is 7. The van der Waals surface area contributed by atoms with Crippen LogP contribution in [-0.4, -0.2) is 37.0 Å². The number of carbonyl (C=O) groups excluding carboxylic acids is 2. The Morgan fingerprint density at radius 1 is 1.32 bits per heavy atom. The molecule has 6 nitrogen and oxygen atoms in total. The zero-order valence-corrected chi connectivity index (χ0v) is 17.4. The van der Waals surface area contributed by atoms with Crippen LogP contribution >= 0.6 is 27.5 Å². The van der Waals surface area contributed by atoms with Gasteiger partial charge in [-0.2, -0.15) is 0 Å². The molecule has 0 aromatic heterocycles. The van der Waals surface area contributed by atoms with Crippen LogP contribution in [-0.2, 0) is 17.9 Å². The summed E-state index contributed by atoms with van der Waals surface area (Å²) in [5, 5.41) is 0.630. The second-order valence-corrected chi connectivity index (χ2v) is 7.90. The molecule has 1 aliphatic rings. The predicted octanol–water partition coefficient (Wildman–Crippen LogP) is 4.02. The molecule has 0 radical (unpaired) electrons. The zero-order chi connectivity index (χ0) is 20.1. The molecule has 1 aliphatic heterocycles. The lowest BCUT2D eigenvalue weighted by Gasteiger charge is -2.31. The van der Waals surface area contributed by atoms with E-state index in [9.17, 15) is 9.59 Å². The van der Waals surface area contributed by atoms with E-state index < -0.39 is 0 Å². The molecule has 1 fully saturated rings. The first-order valence-electron chi connectivity index (χ1n) is 8.76. The Balaban J connectivity index is 1.74. The molecule has 2 aromatic rings. The molecule has 1 heterocycles. The minimum Gasteiger partial charge on any atom is -0.489 e. The van der Waals surface area contributed by atoms with Crippen LogP contribution in [0.25, 0.3) is 0 Å². The Kier molecular flexibility index (Phi) is 6.93. The van der Waals surface area contributed by atoms with Gasteiger partial charge in [0, 0.05) is 46.2 Å². The van der Waals surface area contributed by atoms with E-state index in [1.165, 1.54) is 0 Å². The maximum Gasteiger partial charge on any atom is 0.410 e. The highest BCUT2D eigenvalue weighted by molar-refractivity contribution is 9.10. The average molecular weight is 468 g/mol. The maximum atomic E-state index is 12.0. The second-order valence-electron chi connectivity index (χ2n) is 6.61. The van der Waals surface area contributed by atoms with Crippen molar-refractivity contribution in [1.29, 1.82) is 0 Å². The minimum absolute atomic E-state index is 0.102. The first kappa shape index (κ1) is 20.6. The smallest absolute Gasteiger partial charge is 0.410 e. The number of aldehydes is 1. The summed E-state index contributed by atoms with van der Waals surface area (Å²) < 4.78 is 11.9. The third kappa shape index (κ3) is 5.25. The van der Waals surface area contributed by atoms with Crippen LogP contribution in [0, 0.1) is 5.92 Å². The molecular formula is C20H20BrClN2O4. The molecule has 1 amide bonds. The van der Waals surface area contributed by atoms with Gasteiger partial charge in [-0.25, -0.2) is 4.79 Å². The van der Waals surface area contributed by atoms with E-state index in [1.807, 2.05) is 12.1 Å². The number of benzene rings is 2. The van der Waals surface area contributed by atoms with Crippen molar-refractivity contribution in [1.82, 2.24) is 4.90 Å². The largest absolute Gasteiger partial charge is 0.489 e. The highest BCUT2D eigenvalue weighted by Crippen LogP contribution is 2.25. The average Bonchev–Trinajstić information content (AvgIpc) is 2.69. The topological polar surface area (TPSA) is 81.9 Å². The molecule has 28 heavy (non-hydrogen) atoms. The van der Waals surface area contributed by atoms with Crippen LogP contribution in [0.5, 0.6) is 5.75 Å². The number of halogens is 2. The van der Waals surface area contributed by atoms with Crippen LogP contribution in [0.4, 0.5) is 4.79 Å². The van der Waals surface area contributed by atoms with Crippen molar-refractivity contribution >= 4 is 39.9 Å². The molecule has 2 aromatic carbocycles. The molecule has 1 unspecified atom stereocenters. The number of amides is 1. The zero-order valence-electron chi connectivity index (χ0n) is 15.1. The lowest BCUT2D eigenvalue weighted by Crippen LogP contribution is -2.44. The summed E-state index contributed by atoms with van der Waals surface area (Å²) in [4.78, 5) is 24.9. The molecular weight excluding hydrogens is 448 g/mol. The molecule has 148 valence electrons. The Morgan fingerprint density at radius 3 is 2.86 bits per heavy atom. The van der Waals surface area contributed by atoms with Crippen molar-refractivity contribution in [3.05, 3.63) is 62.6 Å². The molecule has 8 heteroatoms. The van der Waals surface area contributed by atoms with Crippen molar-refractivity contribution in [2.24, 2.45) is 11.7 Å². The first-order chi connectivity index (χ1) is 13.5. The van der Waals surface area contributed by atoms with Crippen LogP contribution in [0.3, 0.4) is 0 Å². The van der Waals surface area contributed by atoms with Crippen molar-refractivity contribution in [3.63, 3.8) is 0 Å². The quantitative estimate of drug-likeness (QED) is 0.622. The molecule has 2 N–H and O–H groups in total. The maximum absolute atomic E-state index is 12.0. The van der Waals surface area contributed by atoms with E-state index in [0.717, 1.165) is 21.9 Å². The van der Waals surface area contributed by atoms with Gasteiger partial charge in [-0.05, 0) is 35.9 Å². The second kappa shape index (κ2) is 9.41. The SMILES string of the molecule is NCC1COC(=O)N(Cc2cc(C=O)cc(OCc3ccc(Cl)cc3Br)c2)C1. The van der Waals surface area contributed by atoms with Gasteiger partial charge in [-0.3, -0.25) is 4.79 Å². The monoisotopic (exact) mass is 466 g/mol. The third-order valence-electron chi connectivity index (χ3n) is 4.42. The highest BCUT2D eigenvalue weighted by atomic mass is 79.9. The van der Waals surface area contributed by atoms with Crippen LogP contribution in [0.1, 0.15) is 21.5 Å². The van der Waals surface area contributed by atoms with E-state index in [0.29, 0.717) is 49.2 Å². The van der Waals surface area contributed by atoms with Gasteiger partial charge >= 0.3 is 6.09 Å². The summed E-state index contributed by atoms with van der Waals surface area (Å²) in [6, 6.07) is 10.7. The van der Waals surface area contributed by atoms with Gasteiger partial charge in [0.2, 0.25) is 0 Å². The normalized spacial score (nSPS) is 16.6. The summed E-state index contributed by atoms with van der Waals surface area (Å²) in [5.74, 6) is 0.645. The molecule has 3 rings (SSSR count). The Hall–Kier alpha value is -2.09. The van der Waals surface area contributed by atoms with E-state index in [2.05, 4.69) is 15.9 Å². The Morgan fingerprint density at radius 2 is 2.14 bits per heavy atom. The summed E-state index contributed by atoms with van der Waals surface area (Å²) >= 11 is 9.42. The number of hydrogen-bond donors (Lipinski definition) is 1. The fourth-order valence-corrected chi connectivity index (χ4v) is 3.74. The van der Waals surface area contributed by atoms with Crippen molar-refractivity contribution in [2.75, 3.05) is 19.7 Å². The lowest BCUT2D eigenvalue weighted by molar-refractivity contribution is 0.0425. The van der Waals surface area contributed by atoms with Gasteiger partial charge in [0.25, 0.3) is 0 Å². The van der Waals surface area contributed by atoms with Gasteiger partial charge in [-0.15, -0.1) is 0 Å².